The first-order valence-electron chi connectivity index (χ1n) is 22.4. The van der Waals surface area contributed by atoms with Crippen molar-refractivity contribution in [2.75, 3.05) is 0 Å². The Balaban J connectivity index is 0.000000963. The Hall–Kier alpha value is -1.56. The monoisotopic (exact) mass is 719 g/mol. The van der Waals surface area contributed by atoms with Gasteiger partial charge in [0.05, 0.1) is 0 Å². The predicted molar refractivity (Wildman–Crippen MR) is 241 cm³/mol. The van der Waals surface area contributed by atoms with Crippen molar-refractivity contribution in [3.05, 3.63) is 74.9 Å². The number of allylic oxidation sites excluding steroid dienone is 8. The van der Waals surface area contributed by atoms with Crippen molar-refractivity contribution in [1.82, 2.24) is 0 Å². The van der Waals surface area contributed by atoms with Crippen LogP contribution in [0.1, 0.15) is 223 Å². The van der Waals surface area contributed by atoms with Crippen LogP contribution in [-0.2, 0) is 0 Å². The van der Waals surface area contributed by atoms with Gasteiger partial charge in [-0.1, -0.05) is 118 Å². The fourth-order valence-corrected chi connectivity index (χ4v) is 11.1. The highest BCUT2D eigenvalue weighted by Crippen LogP contribution is 2.63. The summed E-state index contributed by atoms with van der Waals surface area (Å²) < 4.78 is 0. The summed E-state index contributed by atoms with van der Waals surface area (Å²) in [7, 11) is 0. The smallest absolute Gasteiger partial charge is 0.0195 e. The third-order valence-corrected chi connectivity index (χ3v) is 14.3. The summed E-state index contributed by atoms with van der Waals surface area (Å²) in [5.41, 5.74) is 2.33. The molecule has 0 aromatic heterocycles. The third kappa shape index (κ3) is 15.3. The molecule has 0 N–H and O–H groups in total. The lowest BCUT2D eigenvalue weighted by Crippen LogP contribution is -2.49. The van der Waals surface area contributed by atoms with Gasteiger partial charge in [-0.25, -0.2) is 0 Å². The van der Waals surface area contributed by atoms with Crippen LogP contribution in [0.3, 0.4) is 0 Å². The number of rotatable bonds is 18. The van der Waals surface area contributed by atoms with Crippen LogP contribution in [0.25, 0.3) is 0 Å². The molecule has 0 nitrogen and oxygen atoms in total. The number of hydrogen-bond donors (Lipinski definition) is 0. The highest BCUT2D eigenvalue weighted by molar-refractivity contribution is 5.05. The van der Waals surface area contributed by atoms with E-state index in [0.29, 0.717) is 32.5 Å². The largest absolute Gasteiger partial charge is 0.103 e. The zero-order valence-corrected chi connectivity index (χ0v) is 37.4. The van der Waals surface area contributed by atoms with E-state index in [4.69, 9.17) is 0 Å². The molecule has 52 heavy (non-hydrogen) atoms. The molecule has 0 saturated carbocycles. The van der Waals surface area contributed by atoms with E-state index in [-0.39, 0.29) is 0 Å². The molecular weight excluding hydrogens is 625 g/mol. The summed E-state index contributed by atoms with van der Waals surface area (Å²) in [5, 5.41) is 0. The minimum Gasteiger partial charge on any atom is -0.103 e. The molecule has 0 atom stereocenters. The van der Waals surface area contributed by atoms with Gasteiger partial charge in [-0.2, -0.15) is 0 Å². The Bertz CT molecular complexity index is 925. The van der Waals surface area contributed by atoms with Crippen LogP contribution in [0, 0.1) is 32.5 Å². The summed E-state index contributed by atoms with van der Waals surface area (Å²) in [6, 6.07) is 0. The van der Waals surface area contributed by atoms with E-state index >= 15 is 0 Å². The fourth-order valence-electron chi connectivity index (χ4n) is 11.1. The Morgan fingerprint density at radius 3 is 1.02 bits per heavy atom. The van der Waals surface area contributed by atoms with Crippen molar-refractivity contribution in [3.8, 4) is 0 Å². The van der Waals surface area contributed by atoms with Crippen LogP contribution >= 0.6 is 0 Å². The number of hydrogen-bond acceptors (Lipinski definition) is 0. The SMILES string of the molecule is C=CCCCC(C)(C)C(CCCC=C)(CCCC=C)C(C)(C)CCCC=C.CC.CC1(C)CCCC=CCCCC12CCCC=CCCCC2(C)C. The molecule has 2 aliphatic rings. The average molecular weight is 719 g/mol. The summed E-state index contributed by atoms with van der Waals surface area (Å²) in [6.07, 6.45) is 48.8. The van der Waals surface area contributed by atoms with Gasteiger partial charge in [0.25, 0.3) is 0 Å². The molecule has 0 saturated heterocycles. The quantitative estimate of drug-likeness (QED) is 0.0978. The van der Waals surface area contributed by atoms with E-state index in [1.807, 2.05) is 13.8 Å². The van der Waals surface area contributed by atoms with Gasteiger partial charge in [-0.15, -0.1) is 26.3 Å². The van der Waals surface area contributed by atoms with E-state index in [2.05, 4.69) is 130 Å². The normalized spacial score (nSPS) is 21.0. The van der Waals surface area contributed by atoms with Crippen LogP contribution in [0.5, 0.6) is 0 Å². The minimum absolute atomic E-state index is 0.302. The number of unbranched alkanes of at least 4 members (excludes halogenated alkanes) is 4. The molecule has 302 valence electrons. The van der Waals surface area contributed by atoms with Gasteiger partial charge in [-0.3, -0.25) is 0 Å². The van der Waals surface area contributed by atoms with Gasteiger partial charge >= 0.3 is 0 Å². The van der Waals surface area contributed by atoms with E-state index in [1.54, 1.807) is 0 Å². The lowest BCUT2D eigenvalue weighted by molar-refractivity contribution is -0.0820. The van der Waals surface area contributed by atoms with Crippen LogP contribution in [0.2, 0.25) is 0 Å². The molecule has 0 unspecified atom stereocenters. The van der Waals surface area contributed by atoms with E-state index in [0.717, 1.165) is 25.7 Å². The summed E-state index contributed by atoms with van der Waals surface area (Å²) in [5.74, 6) is 0. The minimum atomic E-state index is 0.302. The molecule has 2 rings (SSSR count). The summed E-state index contributed by atoms with van der Waals surface area (Å²) >= 11 is 0. The van der Waals surface area contributed by atoms with E-state index in [9.17, 15) is 0 Å². The van der Waals surface area contributed by atoms with Crippen molar-refractivity contribution in [1.29, 1.82) is 0 Å². The summed E-state index contributed by atoms with van der Waals surface area (Å²) in [4.78, 5) is 0. The van der Waals surface area contributed by atoms with Gasteiger partial charge < -0.3 is 0 Å². The topological polar surface area (TPSA) is 0 Å². The second-order valence-electron chi connectivity index (χ2n) is 18.9. The Morgan fingerprint density at radius 1 is 0.462 bits per heavy atom. The van der Waals surface area contributed by atoms with Gasteiger partial charge in [-0.05, 0) is 187 Å². The van der Waals surface area contributed by atoms with Crippen molar-refractivity contribution in [3.63, 3.8) is 0 Å². The van der Waals surface area contributed by atoms with Crippen LogP contribution < -0.4 is 0 Å². The van der Waals surface area contributed by atoms with Crippen LogP contribution in [0.4, 0.5) is 0 Å². The first-order chi connectivity index (χ1) is 24.7. The van der Waals surface area contributed by atoms with E-state index in [1.165, 1.54) is 128 Å². The van der Waals surface area contributed by atoms with Crippen LogP contribution in [0.15, 0.2) is 74.9 Å². The van der Waals surface area contributed by atoms with Gasteiger partial charge in [0.2, 0.25) is 0 Å². The molecule has 0 heterocycles. The zero-order valence-electron chi connectivity index (χ0n) is 37.4. The molecule has 0 heteroatoms. The maximum Gasteiger partial charge on any atom is -0.0195 e. The molecule has 1 spiro atoms. The van der Waals surface area contributed by atoms with Crippen molar-refractivity contribution < 1.29 is 0 Å². The molecule has 0 bridgehead atoms. The maximum absolute atomic E-state index is 3.97. The first-order valence-corrected chi connectivity index (χ1v) is 22.4. The second kappa shape index (κ2) is 26.3. The lowest BCUT2D eigenvalue weighted by atomic mass is 9.47. The van der Waals surface area contributed by atoms with Gasteiger partial charge in [0.1, 0.15) is 0 Å². The second-order valence-corrected chi connectivity index (χ2v) is 18.9. The Labute approximate surface area is 329 Å². The molecular formula is C52H94. The fraction of sp³-hybridized carbons (Fsp3) is 0.769. The molecule has 0 aromatic rings. The first kappa shape index (κ1) is 50.4. The van der Waals surface area contributed by atoms with Gasteiger partial charge in [0.15, 0.2) is 0 Å². The molecule has 0 amide bonds. The highest BCUT2D eigenvalue weighted by atomic mass is 14.6. The predicted octanol–water partition coefficient (Wildman–Crippen LogP) is 18.3. The summed E-state index contributed by atoms with van der Waals surface area (Å²) in [6.45, 7) is 40.3. The lowest BCUT2D eigenvalue weighted by Gasteiger charge is -2.58. The highest BCUT2D eigenvalue weighted by Gasteiger charge is 2.53. The molecule has 0 radical (unpaired) electrons. The third-order valence-electron chi connectivity index (χ3n) is 14.3. The molecule has 0 fully saturated rings. The molecule has 0 aliphatic heterocycles. The molecule has 2 aliphatic carbocycles. The maximum atomic E-state index is 3.97. The average Bonchev–Trinajstić information content (AvgIpc) is 3.09. The Kier molecular flexibility index (Phi) is 25.5. The van der Waals surface area contributed by atoms with E-state index < -0.39 is 0 Å². The van der Waals surface area contributed by atoms with Gasteiger partial charge in [0, 0.05) is 0 Å². The van der Waals surface area contributed by atoms with Crippen molar-refractivity contribution in [2.45, 2.75) is 223 Å². The van der Waals surface area contributed by atoms with Crippen LogP contribution in [-0.4, -0.2) is 0 Å². The molecule has 0 aromatic carbocycles. The standard InChI is InChI=1S/C27H48.C23H40.C2H6/c1-9-13-17-21-25(5,6)27(23-19-15-11-3,24-20-16-12-4)26(7,8)22-18-14-10-2;1-21(2)17-13-9-5-7-11-15-19-23(21)20-16-12-8-6-10-14-18-22(23,3)4;1-2/h9-12H,1-4,13-24H2,5-8H3;5-8H,9-20H2,1-4H3;1-2H3. The Morgan fingerprint density at radius 2 is 0.731 bits per heavy atom. The van der Waals surface area contributed by atoms with Crippen molar-refractivity contribution in [2.24, 2.45) is 32.5 Å². The van der Waals surface area contributed by atoms with Crippen molar-refractivity contribution >= 4 is 0 Å². The zero-order chi connectivity index (χ0) is 39.6.